The summed E-state index contributed by atoms with van der Waals surface area (Å²) in [7, 11) is 0. The number of likely N-dealkylation sites (tertiary alicyclic amines) is 1. The minimum absolute atomic E-state index is 0.0970. The van der Waals surface area contributed by atoms with Crippen LogP contribution < -0.4 is 10.2 Å². The van der Waals surface area contributed by atoms with E-state index in [1.165, 1.54) is 19.8 Å². The van der Waals surface area contributed by atoms with E-state index in [2.05, 4.69) is 26.3 Å². The van der Waals surface area contributed by atoms with Gasteiger partial charge in [-0.3, -0.25) is 9.59 Å². The third-order valence-electron chi connectivity index (χ3n) is 5.18. The smallest absolute Gasteiger partial charge is 0.224 e. The summed E-state index contributed by atoms with van der Waals surface area (Å²) in [5.41, 5.74) is 1.05. The second-order valence-electron chi connectivity index (χ2n) is 7.30. The van der Waals surface area contributed by atoms with E-state index < -0.39 is 0 Å². The van der Waals surface area contributed by atoms with Crippen molar-refractivity contribution in [2.45, 2.75) is 51.9 Å². The molecule has 7 heteroatoms. The van der Waals surface area contributed by atoms with Crippen LogP contribution in [-0.4, -0.2) is 59.4 Å². The van der Waals surface area contributed by atoms with Crippen LogP contribution in [0.25, 0.3) is 0 Å². The van der Waals surface area contributed by atoms with Crippen molar-refractivity contribution < 1.29 is 9.59 Å². The van der Waals surface area contributed by atoms with Crippen molar-refractivity contribution in [1.82, 2.24) is 20.2 Å². The van der Waals surface area contributed by atoms with Gasteiger partial charge in [0.2, 0.25) is 11.8 Å². The molecule has 1 atom stereocenters. The number of anilines is 1. The first-order valence-corrected chi connectivity index (χ1v) is 9.65. The molecule has 2 aliphatic rings. The van der Waals surface area contributed by atoms with Gasteiger partial charge in [0, 0.05) is 58.1 Å². The van der Waals surface area contributed by atoms with Crippen molar-refractivity contribution in [3.63, 3.8) is 0 Å². The summed E-state index contributed by atoms with van der Waals surface area (Å²) in [6.45, 7) is 7.44. The molecular weight excluding hydrogens is 330 g/mol. The van der Waals surface area contributed by atoms with Crippen LogP contribution in [0.3, 0.4) is 0 Å². The fraction of sp³-hybridized carbons (Fsp3) is 0.684. The molecule has 0 unspecified atom stereocenters. The summed E-state index contributed by atoms with van der Waals surface area (Å²) in [5, 5.41) is 2.69. The molecule has 2 saturated heterocycles. The molecule has 0 spiro atoms. The van der Waals surface area contributed by atoms with Crippen molar-refractivity contribution in [2.24, 2.45) is 0 Å². The molecule has 1 aromatic heterocycles. The standard InChI is InChI=1S/C19H29N5O2/c1-14-21-17(12-18(22-14)23-9-3-4-10-23)16-6-5-11-24(13-16)19(26)7-8-20-15(2)25/h12,16H,3-11,13H2,1-2H3,(H,20,25)/t16-/m0/s1. The topological polar surface area (TPSA) is 78.4 Å². The van der Waals surface area contributed by atoms with E-state index in [-0.39, 0.29) is 17.7 Å². The number of rotatable bonds is 5. The molecule has 0 saturated carbocycles. The molecule has 0 radical (unpaired) electrons. The maximum Gasteiger partial charge on any atom is 0.224 e. The van der Waals surface area contributed by atoms with Crippen LogP contribution in [0.2, 0.25) is 0 Å². The Morgan fingerprint density at radius 3 is 2.69 bits per heavy atom. The summed E-state index contributed by atoms with van der Waals surface area (Å²) >= 11 is 0. The Morgan fingerprint density at radius 2 is 1.96 bits per heavy atom. The van der Waals surface area contributed by atoms with Gasteiger partial charge < -0.3 is 15.1 Å². The lowest BCUT2D eigenvalue weighted by Gasteiger charge is -2.33. The normalized spacial score (nSPS) is 20.3. The van der Waals surface area contributed by atoms with E-state index in [1.54, 1.807) is 0 Å². The van der Waals surface area contributed by atoms with E-state index in [4.69, 9.17) is 0 Å². The van der Waals surface area contributed by atoms with Gasteiger partial charge in [-0.05, 0) is 32.6 Å². The second kappa shape index (κ2) is 8.47. The molecule has 0 bridgehead atoms. The number of aromatic nitrogens is 2. The molecule has 142 valence electrons. The zero-order valence-electron chi connectivity index (χ0n) is 15.8. The molecule has 2 aliphatic heterocycles. The summed E-state index contributed by atoms with van der Waals surface area (Å²) < 4.78 is 0. The number of piperidine rings is 1. The van der Waals surface area contributed by atoms with Gasteiger partial charge in [-0.25, -0.2) is 9.97 Å². The van der Waals surface area contributed by atoms with Crippen LogP contribution in [0.15, 0.2) is 6.07 Å². The average Bonchev–Trinajstić information content (AvgIpc) is 3.15. The quantitative estimate of drug-likeness (QED) is 0.864. The van der Waals surface area contributed by atoms with Crippen LogP contribution in [0, 0.1) is 6.92 Å². The van der Waals surface area contributed by atoms with E-state index in [1.807, 2.05) is 11.8 Å². The number of aryl methyl sites for hydroxylation is 1. The number of amides is 2. The molecule has 3 rings (SSSR count). The van der Waals surface area contributed by atoms with Crippen LogP contribution in [0.4, 0.5) is 5.82 Å². The highest BCUT2D eigenvalue weighted by Crippen LogP contribution is 2.29. The van der Waals surface area contributed by atoms with Crippen molar-refractivity contribution in [2.75, 3.05) is 37.6 Å². The summed E-state index contributed by atoms with van der Waals surface area (Å²) in [4.78, 5) is 36.9. The number of hydrogen-bond donors (Lipinski definition) is 1. The first kappa shape index (κ1) is 18.6. The van der Waals surface area contributed by atoms with Gasteiger partial charge in [-0.1, -0.05) is 0 Å². The van der Waals surface area contributed by atoms with Crippen LogP contribution in [0.1, 0.15) is 56.5 Å². The minimum atomic E-state index is -0.0970. The highest BCUT2D eigenvalue weighted by atomic mass is 16.2. The van der Waals surface area contributed by atoms with Gasteiger partial charge in [-0.2, -0.15) is 0 Å². The van der Waals surface area contributed by atoms with E-state index in [0.29, 0.717) is 19.5 Å². The number of carbonyl (C=O) groups is 2. The largest absolute Gasteiger partial charge is 0.357 e. The Labute approximate surface area is 155 Å². The molecule has 3 heterocycles. The predicted octanol–water partition coefficient (Wildman–Crippen LogP) is 1.62. The van der Waals surface area contributed by atoms with Gasteiger partial charge in [-0.15, -0.1) is 0 Å². The van der Waals surface area contributed by atoms with Crippen LogP contribution in [0.5, 0.6) is 0 Å². The zero-order chi connectivity index (χ0) is 18.5. The first-order chi connectivity index (χ1) is 12.5. The average molecular weight is 359 g/mol. The lowest BCUT2D eigenvalue weighted by molar-refractivity contribution is -0.132. The first-order valence-electron chi connectivity index (χ1n) is 9.65. The van der Waals surface area contributed by atoms with Crippen LogP contribution >= 0.6 is 0 Å². The molecular formula is C19H29N5O2. The lowest BCUT2D eigenvalue weighted by atomic mass is 9.94. The predicted molar refractivity (Wildman–Crippen MR) is 100 cm³/mol. The van der Waals surface area contributed by atoms with Crippen LogP contribution in [-0.2, 0) is 9.59 Å². The van der Waals surface area contributed by atoms with Gasteiger partial charge in [0.1, 0.15) is 11.6 Å². The highest BCUT2D eigenvalue weighted by molar-refractivity contribution is 5.78. The number of hydrogen-bond acceptors (Lipinski definition) is 5. The summed E-state index contributed by atoms with van der Waals surface area (Å²) in [6.07, 6.45) is 4.83. The maximum atomic E-state index is 12.4. The maximum absolute atomic E-state index is 12.4. The van der Waals surface area contributed by atoms with Crippen molar-refractivity contribution in [3.8, 4) is 0 Å². The van der Waals surface area contributed by atoms with E-state index in [0.717, 1.165) is 49.8 Å². The molecule has 0 aliphatic carbocycles. The number of nitrogens with zero attached hydrogens (tertiary/aromatic N) is 4. The van der Waals surface area contributed by atoms with E-state index >= 15 is 0 Å². The Bertz CT molecular complexity index is 657. The lowest BCUT2D eigenvalue weighted by Crippen LogP contribution is -2.40. The van der Waals surface area contributed by atoms with Crippen molar-refractivity contribution in [3.05, 3.63) is 17.6 Å². The highest BCUT2D eigenvalue weighted by Gasteiger charge is 2.26. The third kappa shape index (κ3) is 4.71. The Balaban J connectivity index is 1.65. The van der Waals surface area contributed by atoms with Crippen molar-refractivity contribution in [1.29, 1.82) is 0 Å². The Hall–Kier alpha value is -2.18. The molecule has 2 amide bonds. The Kier molecular flexibility index (Phi) is 6.06. The van der Waals surface area contributed by atoms with Gasteiger partial charge in [0.25, 0.3) is 0 Å². The number of carbonyl (C=O) groups excluding carboxylic acids is 2. The van der Waals surface area contributed by atoms with E-state index in [9.17, 15) is 9.59 Å². The summed E-state index contributed by atoms with van der Waals surface area (Å²) in [6, 6.07) is 2.12. The minimum Gasteiger partial charge on any atom is -0.357 e. The fourth-order valence-electron chi connectivity index (χ4n) is 3.84. The third-order valence-corrected chi connectivity index (χ3v) is 5.18. The van der Waals surface area contributed by atoms with Crippen molar-refractivity contribution >= 4 is 17.6 Å². The van der Waals surface area contributed by atoms with Gasteiger partial charge in [0.05, 0.1) is 5.69 Å². The molecule has 2 fully saturated rings. The molecule has 1 aromatic rings. The fourth-order valence-corrected chi connectivity index (χ4v) is 3.84. The molecule has 0 aromatic carbocycles. The molecule has 7 nitrogen and oxygen atoms in total. The summed E-state index contributed by atoms with van der Waals surface area (Å²) in [5.74, 6) is 2.10. The monoisotopic (exact) mass is 359 g/mol. The Morgan fingerprint density at radius 1 is 1.19 bits per heavy atom. The number of nitrogens with one attached hydrogen (secondary N) is 1. The van der Waals surface area contributed by atoms with Gasteiger partial charge in [0.15, 0.2) is 0 Å². The zero-order valence-corrected chi connectivity index (χ0v) is 15.8. The molecule has 1 N–H and O–H groups in total. The van der Waals surface area contributed by atoms with Gasteiger partial charge >= 0.3 is 0 Å². The molecule has 26 heavy (non-hydrogen) atoms. The SMILES string of the molecule is CC(=O)NCCC(=O)N1CCC[C@H](c2cc(N3CCCC3)nc(C)n2)C1. The second-order valence-corrected chi connectivity index (χ2v) is 7.30.